The van der Waals surface area contributed by atoms with Crippen molar-refractivity contribution in [3.63, 3.8) is 0 Å². The van der Waals surface area contributed by atoms with Crippen molar-refractivity contribution >= 4 is 0 Å². The van der Waals surface area contributed by atoms with Gasteiger partial charge in [-0.3, -0.25) is 0 Å². The van der Waals surface area contributed by atoms with Gasteiger partial charge in [0.25, 0.3) is 0 Å². The third-order valence-corrected chi connectivity index (χ3v) is 5.95. The third-order valence-electron chi connectivity index (χ3n) is 5.95. The second-order valence-corrected chi connectivity index (χ2v) is 7.89. The molecule has 4 aromatic rings. The van der Waals surface area contributed by atoms with Crippen LogP contribution in [-0.4, -0.2) is 27.3 Å². The molecule has 1 saturated heterocycles. The van der Waals surface area contributed by atoms with Gasteiger partial charge in [-0.2, -0.15) is 0 Å². The Morgan fingerprint density at radius 3 is 2.22 bits per heavy atom. The van der Waals surface area contributed by atoms with Crippen molar-refractivity contribution in [1.82, 2.24) is 14.5 Å². The molecular formula is C25H23F2N3O2. The summed E-state index contributed by atoms with van der Waals surface area (Å²) in [5, 5.41) is 12.8. The number of phenolic OH excluding ortho intramolecular Hbond substituents is 1. The topological polar surface area (TPSA) is 51.4 Å². The first-order chi connectivity index (χ1) is 15.6. The van der Waals surface area contributed by atoms with Gasteiger partial charge in [0, 0.05) is 31.4 Å². The number of halogens is 2. The molecule has 2 aromatic carbocycles. The number of piperidine rings is 1. The zero-order chi connectivity index (χ0) is 22.1. The van der Waals surface area contributed by atoms with Gasteiger partial charge in [-0.1, -0.05) is 12.1 Å². The molecule has 0 aliphatic carbocycles. The van der Waals surface area contributed by atoms with Gasteiger partial charge in [0.2, 0.25) is 0 Å². The number of para-hydroxylation sites is 2. The minimum atomic E-state index is -0.434. The Morgan fingerprint density at radius 1 is 0.812 bits per heavy atom. The van der Waals surface area contributed by atoms with Crippen LogP contribution in [-0.2, 0) is 5.60 Å². The number of hydrogen-bond acceptors (Lipinski definition) is 3. The molecular weight excluding hydrogens is 412 g/mol. The second kappa shape index (κ2) is 8.16. The fraction of sp³-hybridized carbons (Fsp3) is 0.200. The maximum atomic E-state index is 14.1. The van der Waals surface area contributed by atoms with Gasteiger partial charge in [-0.15, -0.1) is 0 Å². The molecule has 0 radical (unpaired) electrons. The summed E-state index contributed by atoms with van der Waals surface area (Å²) in [5.41, 5.74) is 1.47. The maximum Gasteiger partial charge on any atom is 0.152 e. The van der Waals surface area contributed by atoms with Gasteiger partial charge in [0.1, 0.15) is 22.9 Å². The van der Waals surface area contributed by atoms with Crippen LogP contribution in [0.2, 0.25) is 0 Å². The summed E-state index contributed by atoms with van der Waals surface area (Å²) in [4.78, 5) is 0. The fourth-order valence-electron chi connectivity index (χ4n) is 4.45. The molecule has 0 amide bonds. The number of nitrogens with zero attached hydrogens (tertiary/aromatic N) is 2. The van der Waals surface area contributed by atoms with Crippen molar-refractivity contribution in [1.29, 1.82) is 0 Å². The van der Waals surface area contributed by atoms with Crippen LogP contribution in [0.3, 0.4) is 0 Å². The molecule has 1 fully saturated rings. The lowest BCUT2D eigenvalue weighted by molar-refractivity contribution is 0.0197. The Balaban J connectivity index is 0.000000146. The zero-order valence-corrected chi connectivity index (χ0v) is 17.3. The number of aromatic hydroxyl groups is 1. The Labute approximate surface area is 184 Å². The molecule has 0 saturated carbocycles. The second-order valence-electron chi connectivity index (χ2n) is 7.89. The molecule has 7 heteroatoms. The number of benzene rings is 2. The van der Waals surface area contributed by atoms with Crippen molar-refractivity contribution in [3.05, 3.63) is 96.6 Å². The Hall–Kier alpha value is -3.58. The first kappa shape index (κ1) is 20.3. The van der Waals surface area contributed by atoms with Crippen LogP contribution in [0.15, 0.2) is 79.3 Å². The SMILES string of the molecule is Fc1cccc2c1-n1cccc1C1(CCNCC1)O2.Oc1cccc(F)c1-n1cccc1. The van der Waals surface area contributed by atoms with Gasteiger partial charge >= 0.3 is 0 Å². The van der Waals surface area contributed by atoms with E-state index in [9.17, 15) is 13.9 Å². The predicted molar refractivity (Wildman–Crippen MR) is 118 cm³/mol. The van der Waals surface area contributed by atoms with E-state index in [-0.39, 0.29) is 22.9 Å². The highest BCUT2D eigenvalue weighted by Crippen LogP contribution is 2.44. The molecule has 1 spiro atoms. The third kappa shape index (κ3) is 3.44. The van der Waals surface area contributed by atoms with E-state index in [1.54, 1.807) is 30.6 Å². The van der Waals surface area contributed by atoms with E-state index in [0.29, 0.717) is 11.4 Å². The summed E-state index contributed by atoms with van der Waals surface area (Å²) in [5.74, 6) is -0.0864. The molecule has 0 unspecified atom stereocenters. The minimum Gasteiger partial charge on any atom is -0.506 e. The summed E-state index contributed by atoms with van der Waals surface area (Å²) in [6.07, 6.45) is 7.10. The van der Waals surface area contributed by atoms with Crippen molar-refractivity contribution in [2.75, 3.05) is 13.1 Å². The van der Waals surface area contributed by atoms with Crippen LogP contribution in [0.1, 0.15) is 18.5 Å². The Bertz CT molecular complexity index is 1210. The van der Waals surface area contributed by atoms with Crippen molar-refractivity contribution in [3.8, 4) is 22.9 Å². The van der Waals surface area contributed by atoms with E-state index < -0.39 is 5.82 Å². The number of fused-ring (bicyclic) bond motifs is 4. The number of hydrogen-bond donors (Lipinski definition) is 2. The summed E-state index contributed by atoms with van der Waals surface area (Å²) in [6.45, 7) is 1.85. The van der Waals surface area contributed by atoms with Crippen molar-refractivity contribution in [2.45, 2.75) is 18.4 Å². The first-order valence-corrected chi connectivity index (χ1v) is 10.6. The number of phenols is 1. The van der Waals surface area contributed by atoms with E-state index in [1.807, 2.05) is 29.0 Å². The Morgan fingerprint density at radius 2 is 1.50 bits per heavy atom. The molecule has 2 N–H and O–H groups in total. The van der Waals surface area contributed by atoms with Gasteiger partial charge in [0.15, 0.2) is 17.2 Å². The highest BCUT2D eigenvalue weighted by Gasteiger charge is 2.42. The molecule has 2 aliphatic heterocycles. The maximum absolute atomic E-state index is 14.1. The van der Waals surface area contributed by atoms with Crippen LogP contribution >= 0.6 is 0 Å². The molecule has 164 valence electrons. The van der Waals surface area contributed by atoms with Crippen LogP contribution < -0.4 is 10.1 Å². The van der Waals surface area contributed by atoms with Crippen LogP contribution in [0.4, 0.5) is 8.78 Å². The van der Waals surface area contributed by atoms with E-state index >= 15 is 0 Å². The number of rotatable bonds is 1. The quantitative estimate of drug-likeness (QED) is 0.447. The lowest BCUT2D eigenvalue weighted by Crippen LogP contribution is -2.46. The van der Waals surface area contributed by atoms with E-state index in [2.05, 4.69) is 5.32 Å². The molecule has 0 atom stereocenters. The highest BCUT2D eigenvalue weighted by atomic mass is 19.1. The lowest BCUT2D eigenvalue weighted by atomic mass is 9.87. The average Bonchev–Trinajstić information content (AvgIpc) is 3.48. The van der Waals surface area contributed by atoms with Crippen LogP contribution in [0.5, 0.6) is 11.5 Å². The summed E-state index contributed by atoms with van der Waals surface area (Å²) < 4.78 is 37.0. The number of ether oxygens (including phenoxy) is 1. The molecule has 5 nitrogen and oxygen atoms in total. The summed E-state index contributed by atoms with van der Waals surface area (Å²) in [7, 11) is 0. The van der Waals surface area contributed by atoms with Gasteiger partial charge in [-0.25, -0.2) is 8.78 Å². The molecule has 2 aromatic heterocycles. The molecule has 2 aliphatic rings. The lowest BCUT2D eigenvalue weighted by Gasteiger charge is -2.42. The molecule has 32 heavy (non-hydrogen) atoms. The van der Waals surface area contributed by atoms with Gasteiger partial charge in [0.05, 0.1) is 5.69 Å². The standard InChI is InChI=1S/C15H15FN2O.C10H8FNO/c16-11-3-1-4-12-14(11)18-10-2-5-13(18)15(19-12)6-8-17-9-7-15;11-8-4-3-5-9(13)10(8)12-6-1-2-7-12/h1-5,10,17H,6-9H2;1-7,13H. The summed E-state index contributed by atoms with van der Waals surface area (Å²) in [6, 6.07) is 16.8. The van der Waals surface area contributed by atoms with E-state index in [0.717, 1.165) is 31.6 Å². The van der Waals surface area contributed by atoms with Crippen molar-refractivity contribution < 1.29 is 18.6 Å². The zero-order valence-electron chi connectivity index (χ0n) is 17.3. The van der Waals surface area contributed by atoms with E-state index in [4.69, 9.17) is 4.74 Å². The number of aromatic nitrogens is 2. The average molecular weight is 435 g/mol. The molecule has 0 bridgehead atoms. The van der Waals surface area contributed by atoms with E-state index in [1.165, 1.54) is 28.8 Å². The monoisotopic (exact) mass is 435 g/mol. The van der Waals surface area contributed by atoms with Gasteiger partial charge < -0.3 is 24.3 Å². The normalized spacial score (nSPS) is 15.8. The fourth-order valence-corrected chi connectivity index (χ4v) is 4.45. The smallest absolute Gasteiger partial charge is 0.152 e. The largest absolute Gasteiger partial charge is 0.506 e. The summed E-state index contributed by atoms with van der Waals surface area (Å²) >= 11 is 0. The number of nitrogens with one attached hydrogen (secondary N) is 1. The molecule has 6 rings (SSSR count). The minimum absolute atomic E-state index is 0.0591. The van der Waals surface area contributed by atoms with Crippen molar-refractivity contribution in [2.24, 2.45) is 0 Å². The van der Waals surface area contributed by atoms with Crippen LogP contribution in [0.25, 0.3) is 11.4 Å². The highest BCUT2D eigenvalue weighted by molar-refractivity contribution is 5.53. The van der Waals surface area contributed by atoms with Crippen LogP contribution in [0, 0.1) is 11.6 Å². The predicted octanol–water partition coefficient (Wildman–Crippen LogP) is 4.91. The molecule has 4 heterocycles. The Kier molecular flexibility index (Phi) is 5.19. The first-order valence-electron chi connectivity index (χ1n) is 10.6. The van der Waals surface area contributed by atoms with Gasteiger partial charge in [-0.05, 0) is 61.6 Å².